The second-order valence-electron chi connectivity index (χ2n) is 7.53. The Morgan fingerprint density at radius 3 is 2.45 bits per heavy atom. The quantitative estimate of drug-likeness (QED) is 0.435. The van der Waals surface area contributed by atoms with Crippen molar-refractivity contribution in [3.05, 3.63) is 52.5 Å². The summed E-state index contributed by atoms with van der Waals surface area (Å²) in [4.78, 5) is 23.9. The van der Waals surface area contributed by atoms with Crippen molar-refractivity contribution in [3.63, 3.8) is 0 Å². The number of esters is 1. The molecule has 2 rings (SSSR count). The highest BCUT2D eigenvalue weighted by atomic mass is 35.5. The SMILES string of the molecule is CCOC(=O)Cc1ccc(Cl)c(Oc2ccc(NC(=O)C(C)(C)C)cc2CS)c1. The van der Waals surface area contributed by atoms with Gasteiger partial charge in [0, 0.05) is 22.4 Å². The van der Waals surface area contributed by atoms with Gasteiger partial charge in [-0.1, -0.05) is 38.4 Å². The van der Waals surface area contributed by atoms with Crippen molar-refractivity contribution in [3.8, 4) is 11.5 Å². The third kappa shape index (κ3) is 6.68. The zero-order chi connectivity index (χ0) is 21.6. The van der Waals surface area contributed by atoms with E-state index in [0.29, 0.717) is 34.6 Å². The van der Waals surface area contributed by atoms with Crippen molar-refractivity contribution in [2.24, 2.45) is 5.41 Å². The summed E-state index contributed by atoms with van der Waals surface area (Å²) in [5.41, 5.74) is 1.71. The number of hydrogen-bond acceptors (Lipinski definition) is 5. The molecule has 156 valence electrons. The molecule has 2 aromatic rings. The summed E-state index contributed by atoms with van der Waals surface area (Å²) < 4.78 is 11.0. The van der Waals surface area contributed by atoms with E-state index in [1.807, 2.05) is 26.8 Å². The minimum absolute atomic E-state index is 0.0778. The molecule has 29 heavy (non-hydrogen) atoms. The molecule has 0 aliphatic carbocycles. The molecule has 0 spiro atoms. The summed E-state index contributed by atoms with van der Waals surface area (Å²) in [5, 5.41) is 3.32. The maximum absolute atomic E-state index is 12.2. The number of nitrogens with one attached hydrogen (secondary N) is 1. The molecule has 0 fully saturated rings. The summed E-state index contributed by atoms with van der Waals surface area (Å²) in [6.07, 6.45) is 0.137. The van der Waals surface area contributed by atoms with E-state index in [1.165, 1.54) is 0 Å². The highest BCUT2D eigenvalue weighted by Crippen LogP contribution is 2.34. The number of halogens is 1. The molecular formula is C22H26ClNO4S. The number of rotatable bonds is 7. The largest absolute Gasteiger partial charge is 0.466 e. The van der Waals surface area contributed by atoms with Crippen LogP contribution in [-0.4, -0.2) is 18.5 Å². The van der Waals surface area contributed by atoms with Gasteiger partial charge in [-0.15, -0.1) is 0 Å². The lowest BCUT2D eigenvalue weighted by molar-refractivity contribution is -0.142. The molecule has 0 aliphatic rings. The molecule has 0 atom stereocenters. The monoisotopic (exact) mass is 435 g/mol. The van der Waals surface area contributed by atoms with E-state index in [9.17, 15) is 9.59 Å². The second-order valence-corrected chi connectivity index (χ2v) is 8.26. The number of ether oxygens (including phenoxy) is 2. The van der Waals surface area contributed by atoms with Crippen LogP contribution in [0.15, 0.2) is 36.4 Å². The molecule has 0 bridgehead atoms. The Morgan fingerprint density at radius 2 is 1.83 bits per heavy atom. The normalized spacial score (nSPS) is 11.1. The maximum atomic E-state index is 12.2. The van der Waals surface area contributed by atoms with Crippen LogP contribution in [0, 0.1) is 5.41 Å². The minimum Gasteiger partial charge on any atom is -0.466 e. The standard InChI is InChI=1S/C22H26ClNO4S/c1-5-27-20(25)11-14-6-8-17(23)19(10-14)28-18-9-7-16(12-15(18)13-29)24-21(26)22(2,3)4/h6-10,12,29H,5,11,13H2,1-4H3,(H,24,26). The molecule has 1 amide bonds. The van der Waals surface area contributed by atoms with Crippen LogP contribution in [0.5, 0.6) is 11.5 Å². The van der Waals surface area contributed by atoms with Gasteiger partial charge in [-0.3, -0.25) is 9.59 Å². The van der Waals surface area contributed by atoms with Crippen LogP contribution in [0.4, 0.5) is 5.69 Å². The molecule has 0 aromatic heterocycles. The Hall–Kier alpha value is -2.18. The van der Waals surface area contributed by atoms with Crippen LogP contribution in [-0.2, 0) is 26.5 Å². The topological polar surface area (TPSA) is 64.6 Å². The van der Waals surface area contributed by atoms with Crippen molar-refractivity contribution in [1.29, 1.82) is 0 Å². The van der Waals surface area contributed by atoms with Crippen molar-refractivity contribution < 1.29 is 19.1 Å². The van der Waals surface area contributed by atoms with Crippen LogP contribution in [0.1, 0.15) is 38.8 Å². The fourth-order valence-corrected chi connectivity index (χ4v) is 2.84. The van der Waals surface area contributed by atoms with Gasteiger partial charge in [0.05, 0.1) is 18.1 Å². The molecular weight excluding hydrogens is 410 g/mol. The fourth-order valence-electron chi connectivity index (χ4n) is 2.43. The van der Waals surface area contributed by atoms with Crippen molar-refractivity contribution in [2.75, 3.05) is 11.9 Å². The first kappa shape index (κ1) is 23.1. The third-order valence-electron chi connectivity index (χ3n) is 4.04. The average molecular weight is 436 g/mol. The van der Waals surface area contributed by atoms with Gasteiger partial charge in [-0.25, -0.2) is 0 Å². The summed E-state index contributed by atoms with van der Waals surface area (Å²) >= 11 is 10.6. The van der Waals surface area contributed by atoms with Gasteiger partial charge >= 0.3 is 5.97 Å². The molecule has 0 aliphatic heterocycles. The average Bonchev–Trinajstić information content (AvgIpc) is 2.65. The molecule has 7 heteroatoms. The van der Waals surface area contributed by atoms with Crippen LogP contribution in [0.3, 0.4) is 0 Å². The minimum atomic E-state index is -0.497. The fraction of sp³-hybridized carbons (Fsp3) is 0.364. The highest BCUT2D eigenvalue weighted by Gasteiger charge is 2.21. The van der Waals surface area contributed by atoms with E-state index in [1.54, 1.807) is 37.3 Å². The summed E-state index contributed by atoms with van der Waals surface area (Å²) in [7, 11) is 0. The first-order valence-electron chi connectivity index (χ1n) is 9.31. The number of carbonyl (C=O) groups excluding carboxylic acids is 2. The number of thiol groups is 1. The number of amides is 1. The molecule has 0 saturated heterocycles. The van der Waals surface area contributed by atoms with Gasteiger partial charge in [0.15, 0.2) is 0 Å². The van der Waals surface area contributed by atoms with Gasteiger partial charge in [0.1, 0.15) is 11.5 Å². The van der Waals surface area contributed by atoms with Crippen molar-refractivity contribution in [2.45, 2.75) is 39.9 Å². The zero-order valence-corrected chi connectivity index (χ0v) is 18.7. The first-order chi connectivity index (χ1) is 13.6. The lowest BCUT2D eigenvalue weighted by Gasteiger charge is -2.19. The Morgan fingerprint density at radius 1 is 1.10 bits per heavy atom. The predicted octanol–water partition coefficient (Wildman–Crippen LogP) is 5.65. The van der Waals surface area contributed by atoms with Crippen molar-refractivity contribution >= 4 is 41.8 Å². The number of benzene rings is 2. The number of carbonyl (C=O) groups is 2. The van der Waals surface area contributed by atoms with Crippen LogP contribution >= 0.6 is 24.2 Å². The van der Waals surface area contributed by atoms with E-state index in [-0.39, 0.29) is 18.3 Å². The zero-order valence-electron chi connectivity index (χ0n) is 17.0. The third-order valence-corrected chi connectivity index (χ3v) is 4.69. The first-order valence-corrected chi connectivity index (χ1v) is 10.3. The van der Waals surface area contributed by atoms with E-state index in [2.05, 4.69) is 17.9 Å². The molecule has 0 radical (unpaired) electrons. The molecule has 5 nitrogen and oxygen atoms in total. The lowest BCUT2D eigenvalue weighted by Crippen LogP contribution is -2.27. The summed E-state index contributed by atoms with van der Waals surface area (Å²) in [6.45, 7) is 7.65. The van der Waals surface area contributed by atoms with E-state index >= 15 is 0 Å². The van der Waals surface area contributed by atoms with Gasteiger partial charge in [0.2, 0.25) is 5.91 Å². The van der Waals surface area contributed by atoms with E-state index in [4.69, 9.17) is 21.1 Å². The van der Waals surface area contributed by atoms with E-state index < -0.39 is 5.41 Å². The molecule has 2 aromatic carbocycles. The molecule has 0 unspecified atom stereocenters. The highest BCUT2D eigenvalue weighted by molar-refractivity contribution is 7.79. The van der Waals surface area contributed by atoms with Gasteiger partial charge < -0.3 is 14.8 Å². The number of hydrogen-bond donors (Lipinski definition) is 2. The predicted molar refractivity (Wildman–Crippen MR) is 119 cm³/mol. The summed E-state index contributed by atoms with van der Waals surface area (Å²) in [6, 6.07) is 10.5. The van der Waals surface area contributed by atoms with Crippen LogP contribution in [0.2, 0.25) is 5.02 Å². The Labute approximate surface area is 182 Å². The van der Waals surface area contributed by atoms with Crippen molar-refractivity contribution in [1.82, 2.24) is 0 Å². The second kappa shape index (κ2) is 10.0. The molecule has 0 saturated carbocycles. The van der Waals surface area contributed by atoms with Gasteiger partial charge in [-0.2, -0.15) is 12.6 Å². The summed E-state index contributed by atoms with van der Waals surface area (Å²) in [5.74, 6) is 1.03. The van der Waals surface area contributed by atoms with Gasteiger partial charge in [0.25, 0.3) is 0 Å². The Bertz CT molecular complexity index is 893. The lowest BCUT2D eigenvalue weighted by atomic mass is 9.95. The molecule has 0 heterocycles. The van der Waals surface area contributed by atoms with Gasteiger partial charge in [-0.05, 0) is 42.8 Å². The number of anilines is 1. The molecule has 1 N–H and O–H groups in total. The Kier molecular flexibility index (Phi) is 7.99. The maximum Gasteiger partial charge on any atom is 0.310 e. The smallest absolute Gasteiger partial charge is 0.310 e. The Balaban J connectivity index is 2.23. The van der Waals surface area contributed by atoms with Crippen LogP contribution < -0.4 is 10.1 Å². The van der Waals surface area contributed by atoms with Crippen LogP contribution in [0.25, 0.3) is 0 Å². The van der Waals surface area contributed by atoms with E-state index in [0.717, 1.165) is 11.1 Å².